The SMILES string of the molecule is COc1ccc(/C=C/CN2CCCC[C@H]2CC(=O)O)cc1. The maximum Gasteiger partial charge on any atom is 0.304 e. The number of hydrogen-bond acceptors (Lipinski definition) is 3. The fraction of sp³-hybridized carbons (Fsp3) is 0.471. The van der Waals surface area contributed by atoms with E-state index in [0.717, 1.165) is 43.7 Å². The average Bonchev–Trinajstić information content (AvgIpc) is 2.49. The van der Waals surface area contributed by atoms with Crippen LogP contribution in [0.1, 0.15) is 31.2 Å². The topological polar surface area (TPSA) is 49.8 Å². The van der Waals surface area contributed by atoms with Crippen molar-refractivity contribution in [2.75, 3.05) is 20.2 Å². The number of carboxylic acids is 1. The Morgan fingerprint density at radius 1 is 1.38 bits per heavy atom. The summed E-state index contributed by atoms with van der Waals surface area (Å²) in [4.78, 5) is 13.2. The molecule has 1 heterocycles. The number of carboxylic acid groups (broad SMARTS) is 1. The molecule has 1 aromatic carbocycles. The highest BCUT2D eigenvalue weighted by Crippen LogP contribution is 2.20. The minimum absolute atomic E-state index is 0.178. The van der Waals surface area contributed by atoms with Gasteiger partial charge in [-0.15, -0.1) is 0 Å². The molecule has 0 aromatic heterocycles. The van der Waals surface area contributed by atoms with Crippen molar-refractivity contribution in [3.63, 3.8) is 0 Å². The van der Waals surface area contributed by atoms with Crippen LogP contribution in [0.15, 0.2) is 30.3 Å². The van der Waals surface area contributed by atoms with Gasteiger partial charge in [0.25, 0.3) is 0 Å². The predicted molar refractivity (Wildman–Crippen MR) is 83.5 cm³/mol. The molecule has 2 rings (SSSR count). The van der Waals surface area contributed by atoms with Crippen LogP contribution >= 0.6 is 0 Å². The van der Waals surface area contributed by atoms with E-state index in [4.69, 9.17) is 9.84 Å². The minimum atomic E-state index is -0.703. The highest BCUT2D eigenvalue weighted by Gasteiger charge is 2.23. The van der Waals surface area contributed by atoms with Gasteiger partial charge in [0.1, 0.15) is 5.75 Å². The number of nitrogens with zero attached hydrogens (tertiary/aromatic N) is 1. The summed E-state index contributed by atoms with van der Waals surface area (Å²) >= 11 is 0. The highest BCUT2D eigenvalue weighted by molar-refractivity contribution is 5.67. The van der Waals surface area contributed by atoms with Crippen LogP contribution in [-0.2, 0) is 4.79 Å². The van der Waals surface area contributed by atoms with Gasteiger partial charge >= 0.3 is 5.97 Å². The molecule has 1 aromatic rings. The van der Waals surface area contributed by atoms with Gasteiger partial charge in [-0.1, -0.05) is 30.7 Å². The maximum atomic E-state index is 10.9. The number of likely N-dealkylation sites (tertiary alicyclic amines) is 1. The molecule has 1 aliphatic heterocycles. The van der Waals surface area contributed by atoms with E-state index < -0.39 is 5.97 Å². The smallest absolute Gasteiger partial charge is 0.304 e. The molecule has 0 spiro atoms. The highest BCUT2D eigenvalue weighted by atomic mass is 16.5. The lowest BCUT2D eigenvalue weighted by atomic mass is 9.99. The third kappa shape index (κ3) is 4.90. The van der Waals surface area contributed by atoms with Gasteiger partial charge in [-0.25, -0.2) is 0 Å². The molecule has 0 bridgehead atoms. The molecule has 1 N–H and O–H groups in total. The molecule has 0 radical (unpaired) electrons. The van der Waals surface area contributed by atoms with E-state index in [0.29, 0.717) is 0 Å². The van der Waals surface area contributed by atoms with Crippen molar-refractivity contribution < 1.29 is 14.6 Å². The first-order chi connectivity index (χ1) is 10.2. The fourth-order valence-corrected chi connectivity index (χ4v) is 2.77. The Labute approximate surface area is 126 Å². The summed E-state index contributed by atoms with van der Waals surface area (Å²) in [5.41, 5.74) is 1.13. The third-order valence-corrected chi connectivity index (χ3v) is 3.93. The number of piperidine rings is 1. The summed E-state index contributed by atoms with van der Waals surface area (Å²) in [6.07, 6.45) is 7.72. The first-order valence-corrected chi connectivity index (χ1v) is 7.45. The molecule has 0 unspecified atom stereocenters. The quantitative estimate of drug-likeness (QED) is 0.874. The Morgan fingerprint density at radius 2 is 2.14 bits per heavy atom. The molecule has 4 nitrogen and oxygen atoms in total. The Bertz CT molecular complexity index is 481. The molecule has 1 fully saturated rings. The molecule has 0 aliphatic carbocycles. The van der Waals surface area contributed by atoms with E-state index in [1.165, 1.54) is 0 Å². The van der Waals surface area contributed by atoms with Crippen LogP contribution < -0.4 is 4.74 Å². The summed E-state index contributed by atoms with van der Waals surface area (Å²) in [6, 6.07) is 8.08. The molecular formula is C17H23NO3. The molecule has 114 valence electrons. The van der Waals surface area contributed by atoms with Crippen LogP contribution in [0, 0.1) is 0 Å². The fourth-order valence-electron chi connectivity index (χ4n) is 2.77. The van der Waals surface area contributed by atoms with Crippen molar-refractivity contribution in [2.45, 2.75) is 31.7 Å². The Balaban J connectivity index is 1.89. The minimum Gasteiger partial charge on any atom is -0.497 e. The first kappa shape index (κ1) is 15.6. The molecular weight excluding hydrogens is 266 g/mol. The normalized spacial score (nSPS) is 19.8. The second-order valence-corrected chi connectivity index (χ2v) is 5.42. The molecule has 1 atom stereocenters. The molecule has 0 saturated carbocycles. The zero-order valence-corrected chi connectivity index (χ0v) is 12.5. The van der Waals surface area contributed by atoms with Crippen molar-refractivity contribution in [1.82, 2.24) is 4.90 Å². The van der Waals surface area contributed by atoms with Gasteiger partial charge in [0.2, 0.25) is 0 Å². The lowest BCUT2D eigenvalue weighted by molar-refractivity contribution is -0.138. The predicted octanol–water partition coefficient (Wildman–Crippen LogP) is 3.04. The number of aliphatic carboxylic acids is 1. The second-order valence-electron chi connectivity index (χ2n) is 5.42. The Kier molecular flexibility index (Phi) is 5.81. The first-order valence-electron chi connectivity index (χ1n) is 7.45. The van der Waals surface area contributed by atoms with Crippen molar-refractivity contribution in [2.24, 2.45) is 0 Å². The standard InChI is InChI=1S/C17H23NO3/c1-21-16-9-7-14(8-10-16)5-4-12-18-11-3-2-6-15(18)13-17(19)20/h4-5,7-10,15H,2-3,6,11-13H2,1H3,(H,19,20)/b5-4+/t15-/m0/s1. The molecule has 21 heavy (non-hydrogen) atoms. The monoisotopic (exact) mass is 289 g/mol. The van der Waals surface area contributed by atoms with E-state index in [-0.39, 0.29) is 12.5 Å². The van der Waals surface area contributed by atoms with Crippen molar-refractivity contribution in [3.05, 3.63) is 35.9 Å². The van der Waals surface area contributed by atoms with E-state index in [1.54, 1.807) is 7.11 Å². The summed E-state index contributed by atoms with van der Waals surface area (Å²) in [5, 5.41) is 8.98. The van der Waals surface area contributed by atoms with Crippen molar-refractivity contribution in [3.8, 4) is 5.75 Å². The summed E-state index contributed by atoms with van der Waals surface area (Å²) in [5.74, 6) is 0.149. The number of benzene rings is 1. The summed E-state index contributed by atoms with van der Waals surface area (Å²) in [6.45, 7) is 1.80. The van der Waals surface area contributed by atoms with Gasteiger partial charge in [-0.2, -0.15) is 0 Å². The number of ether oxygens (including phenoxy) is 1. The average molecular weight is 289 g/mol. The van der Waals surface area contributed by atoms with Gasteiger partial charge in [-0.3, -0.25) is 9.69 Å². The van der Waals surface area contributed by atoms with Crippen LogP contribution in [0.3, 0.4) is 0 Å². The Morgan fingerprint density at radius 3 is 2.81 bits per heavy atom. The molecule has 1 saturated heterocycles. The van der Waals surface area contributed by atoms with Crippen LogP contribution in [0.2, 0.25) is 0 Å². The zero-order valence-electron chi connectivity index (χ0n) is 12.5. The van der Waals surface area contributed by atoms with E-state index in [1.807, 2.05) is 24.3 Å². The van der Waals surface area contributed by atoms with Crippen molar-refractivity contribution in [1.29, 1.82) is 0 Å². The molecule has 0 amide bonds. The zero-order chi connectivity index (χ0) is 15.1. The number of carbonyl (C=O) groups is 1. The number of rotatable bonds is 6. The Hall–Kier alpha value is -1.81. The largest absolute Gasteiger partial charge is 0.497 e. The van der Waals surface area contributed by atoms with Gasteiger partial charge in [0.05, 0.1) is 13.5 Å². The van der Waals surface area contributed by atoms with Crippen LogP contribution in [0.25, 0.3) is 6.08 Å². The lowest BCUT2D eigenvalue weighted by Gasteiger charge is -2.34. The summed E-state index contributed by atoms with van der Waals surface area (Å²) in [7, 11) is 1.66. The maximum absolute atomic E-state index is 10.9. The summed E-state index contributed by atoms with van der Waals surface area (Å²) < 4.78 is 5.13. The molecule has 1 aliphatic rings. The van der Waals surface area contributed by atoms with Gasteiger partial charge in [0, 0.05) is 12.6 Å². The van der Waals surface area contributed by atoms with Gasteiger partial charge in [-0.05, 0) is 37.1 Å². The number of methoxy groups -OCH3 is 1. The lowest BCUT2D eigenvalue weighted by Crippen LogP contribution is -2.40. The van der Waals surface area contributed by atoms with Crippen LogP contribution in [-0.4, -0.2) is 42.2 Å². The number of hydrogen-bond donors (Lipinski definition) is 1. The third-order valence-electron chi connectivity index (χ3n) is 3.93. The van der Waals surface area contributed by atoms with E-state index >= 15 is 0 Å². The van der Waals surface area contributed by atoms with Crippen LogP contribution in [0.4, 0.5) is 0 Å². The van der Waals surface area contributed by atoms with Gasteiger partial charge < -0.3 is 9.84 Å². The van der Waals surface area contributed by atoms with E-state index in [2.05, 4.69) is 17.1 Å². The van der Waals surface area contributed by atoms with Crippen molar-refractivity contribution >= 4 is 12.0 Å². The van der Waals surface area contributed by atoms with Crippen LogP contribution in [0.5, 0.6) is 5.75 Å². The second kappa shape index (κ2) is 7.84. The van der Waals surface area contributed by atoms with Gasteiger partial charge in [0.15, 0.2) is 0 Å². The van der Waals surface area contributed by atoms with E-state index in [9.17, 15) is 4.79 Å². The molecule has 4 heteroatoms.